The first-order chi connectivity index (χ1) is 9.67. The predicted octanol–water partition coefficient (Wildman–Crippen LogP) is 3.53. The molecule has 0 radical (unpaired) electrons. The summed E-state index contributed by atoms with van der Waals surface area (Å²) in [5, 5.41) is 0. The number of likely N-dealkylation sites (N-methyl/N-ethyl adjacent to an activating group) is 1. The molecule has 5 nitrogen and oxygen atoms in total. The van der Waals surface area contributed by atoms with Gasteiger partial charge in [0, 0.05) is 17.1 Å². The number of carbonyl (C=O) groups is 2. The molecule has 0 heterocycles. The molecule has 6 heteroatoms. The molecule has 0 bridgehead atoms. The molecule has 0 aliphatic heterocycles. The second kappa shape index (κ2) is 6.93. The van der Waals surface area contributed by atoms with E-state index in [1.807, 2.05) is 6.07 Å². The van der Waals surface area contributed by atoms with E-state index in [4.69, 9.17) is 9.47 Å². The summed E-state index contributed by atoms with van der Waals surface area (Å²) >= 11 is 3.39. The summed E-state index contributed by atoms with van der Waals surface area (Å²) in [5.74, 6) is -0.532. The van der Waals surface area contributed by atoms with E-state index in [1.54, 1.807) is 39.0 Å². The van der Waals surface area contributed by atoms with Crippen LogP contribution in [-0.2, 0) is 14.3 Å². The summed E-state index contributed by atoms with van der Waals surface area (Å²) in [5.41, 5.74) is -0.00219. The number of methoxy groups -OCH3 is 1. The van der Waals surface area contributed by atoms with Crippen molar-refractivity contribution in [1.29, 1.82) is 0 Å². The maximum Gasteiger partial charge on any atom is 0.411 e. The first-order valence-electron chi connectivity index (χ1n) is 6.45. The van der Waals surface area contributed by atoms with Crippen molar-refractivity contribution in [1.82, 2.24) is 4.90 Å². The Morgan fingerprint density at radius 3 is 2.29 bits per heavy atom. The first-order valence-corrected chi connectivity index (χ1v) is 7.24. The minimum atomic E-state index is -0.875. The van der Waals surface area contributed by atoms with E-state index in [0.29, 0.717) is 5.56 Å². The van der Waals surface area contributed by atoms with Crippen molar-refractivity contribution in [3.63, 3.8) is 0 Å². The van der Waals surface area contributed by atoms with Gasteiger partial charge in [-0.3, -0.25) is 4.90 Å². The standard InChI is InChI=1S/C15H20BrNO4/c1-15(2,3)21-14(19)17(4)12(13(18)20-5)10-8-6-7-9-11(10)16/h6-9,12H,1-5H3. The Balaban J connectivity index is 3.12. The largest absolute Gasteiger partial charge is 0.467 e. The molecule has 0 spiro atoms. The highest BCUT2D eigenvalue weighted by Gasteiger charge is 2.33. The Kier molecular flexibility index (Phi) is 5.78. The van der Waals surface area contributed by atoms with Gasteiger partial charge in [-0.25, -0.2) is 9.59 Å². The van der Waals surface area contributed by atoms with E-state index in [9.17, 15) is 9.59 Å². The average molecular weight is 358 g/mol. The van der Waals surface area contributed by atoms with Crippen LogP contribution in [0, 0.1) is 0 Å². The molecule has 1 atom stereocenters. The molecule has 21 heavy (non-hydrogen) atoms. The molecular formula is C15H20BrNO4. The molecule has 0 saturated heterocycles. The van der Waals surface area contributed by atoms with Crippen LogP contribution in [-0.4, -0.2) is 36.7 Å². The molecule has 1 amide bonds. The lowest BCUT2D eigenvalue weighted by Crippen LogP contribution is -2.40. The fraction of sp³-hybridized carbons (Fsp3) is 0.467. The third-order valence-corrected chi connectivity index (χ3v) is 3.42. The minimum Gasteiger partial charge on any atom is -0.467 e. The minimum absolute atomic E-state index is 0.532. The molecule has 1 aromatic carbocycles. The van der Waals surface area contributed by atoms with Crippen LogP contribution in [0.3, 0.4) is 0 Å². The monoisotopic (exact) mass is 357 g/mol. The zero-order valence-electron chi connectivity index (χ0n) is 12.8. The summed E-state index contributed by atoms with van der Waals surface area (Å²) in [4.78, 5) is 25.5. The zero-order chi connectivity index (χ0) is 16.2. The Bertz CT molecular complexity index is 525. The van der Waals surface area contributed by atoms with Crippen molar-refractivity contribution in [2.75, 3.05) is 14.2 Å². The Hall–Kier alpha value is -1.56. The van der Waals surface area contributed by atoms with Crippen molar-refractivity contribution in [3.8, 4) is 0 Å². The van der Waals surface area contributed by atoms with Crippen LogP contribution in [0.25, 0.3) is 0 Å². The van der Waals surface area contributed by atoms with Crippen LogP contribution in [0.15, 0.2) is 28.7 Å². The molecule has 0 N–H and O–H groups in total. The van der Waals surface area contributed by atoms with Crippen molar-refractivity contribution in [3.05, 3.63) is 34.3 Å². The van der Waals surface area contributed by atoms with E-state index in [-0.39, 0.29) is 0 Å². The summed E-state index contributed by atoms with van der Waals surface area (Å²) < 4.78 is 10.8. The number of ether oxygens (including phenoxy) is 2. The Morgan fingerprint density at radius 1 is 1.24 bits per heavy atom. The van der Waals surface area contributed by atoms with Gasteiger partial charge in [0.15, 0.2) is 6.04 Å². The summed E-state index contributed by atoms with van der Waals surface area (Å²) in [6.45, 7) is 5.30. The zero-order valence-corrected chi connectivity index (χ0v) is 14.4. The second-order valence-electron chi connectivity index (χ2n) is 5.54. The molecule has 0 fully saturated rings. The summed E-state index contributed by atoms with van der Waals surface area (Å²) in [6.07, 6.45) is -0.589. The molecule has 116 valence electrons. The van der Waals surface area contributed by atoms with Gasteiger partial charge < -0.3 is 9.47 Å². The van der Waals surface area contributed by atoms with Gasteiger partial charge in [-0.2, -0.15) is 0 Å². The van der Waals surface area contributed by atoms with Crippen molar-refractivity contribution in [2.45, 2.75) is 32.4 Å². The lowest BCUT2D eigenvalue weighted by atomic mass is 10.1. The number of benzene rings is 1. The molecule has 1 aromatic rings. The maximum absolute atomic E-state index is 12.2. The van der Waals surface area contributed by atoms with E-state index in [2.05, 4.69) is 15.9 Å². The van der Waals surface area contributed by atoms with Crippen molar-refractivity contribution < 1.29 is 19.1 Å². The van der Waals surface area contributed by atoms with Crippen LogP contribution in [0.1, 0.15) is 32.4 Å². The molecule has 0 saturated carbocycles. The highest BCUT2D eigenvalue weighted by Crippen LogP contribution is 2.29. The number of rotatable bonds is 3. The number of hydrogen-bond donors (Lipinski definition) is 0. The molecule has 1 rings (SSSR count). The number of nitrogens with zero attached hydrogens (tertiary/aromatic N) is 1. The molecular weight excluding hydrogens is 338 g/mol. The lowest BCUT2D eigenvalue weighted by Gasteiger charge is -2.29. The predicted molar refractivity (Wildman–Crippen MR) is 82.9 cm³/mol. The van der Waals surface area contributed by atoms with Crippen molar-refractivity contribution >= 4 is 28.0 Å². The highest BCUT2D eigenvalue weighted by molar-refractivity contribution is 9.10. The van der Waals surface area contributed by atoms with Crippen molar-refractivity contribution in [2.24, 2.45) is 0 Å². The highest BCUT2D eigenvalue weighted by atomic mass is 79.9. The van der Waals surface area contributed by atoms with Gasteiger partial charge >= 0.3 is 12.1 Å². The van der Waals surface area contributed by atoms with Gasteiger partial charge in [0.1, 0.15) is 5.60 Å². The van der Waals surface area contributed by atoms with Gasteiger partial charge in [0.25, 0.3) is 0 Å². The van der Waals surface area contributed by atoms with E-state index >= 15 is 0 Å². The number of carbonyl (C=O) groups excluding carboxylic acids is 2. The van der Waals surface area contributed by atoms with Crippen LogP contribution >= 0.6 is 15.9 Å². The fourth-order valence-corrected chi connectivity index (χ4v) is 2.24. The normalized spacial score (nSPS) is 12.5. The Morgan fingerprint density at radius 2 is 1.81 bits per heavy atom. The SMILES string of the molecule is COC(=O)C(c1ccccc1Br)N(C)C(=O)OC(C)(C)C. The van der Waals surface area contributed by atoms with Gasteiger partial charge in [0.05, 0.1) is 7.11 Å². The molecule has 0 aliphatic carbocycles. The quantitative estimate of drug-likeness (QED) is 0.776. The van der Waals surface area contributed by atoms with Crippen LogP contribution in [0.2, 0.25) is 0 Å². The summed E-state index contributed by atoms with van der Waals surface area (Å²) in [6, 6.07) is 6.30. The van der Waals surface area contributed by atoms with Crippen LogP contribution in [0.4, 0.5) is 4.79 Å². The van der Waals surface area contributed by atoms with Crippen LogP contribution < -0.4 is 0 Å². The molecule has 0 aromatic heterocycles. The average Bonchev–Trinajstić information content (AvgIpc) is 2.38. The first kappa shape index (κ1) is 17.5. The van der Waals surface area contributed by atoms with Gasteiger partial charge in [-0.1, -0.05) is 34.1 Å². The summed E-state index contributed by atoms with van der Waals surface area (Å²) in [7, 11) is 2.80. The third-order valence-electron chi connectivity index (χ3n) is 2.69. The molecule has 1 unspecified atom stereocenters. The number of halogens is 1. The third kappa shape index (κ3) is 4.74. The second-order valence-corrected chi connectivity index (χ2v) is 6.39. The van der Waals surface area contributed by atoms with Crippen LogP contribution in [0.5, 0.6) is 0 Å². The van der Waals surface area contributed by atoms with E-state index in [1.165, 1.54) is 19.1 Å². The topological polar surface area (TPSA) is 55.8 Å². The number of amides is 1. The number of hydrogen-bond acceptors (Lipinski definition) is 4. The Labute approximate surface area is 133 Å². The smallest absolute Gasteiger partial charge is 0.411 e. The maximum atomic E-state index is 12.2. The lowest BCUT2D eigenvalue weighted by molar-refractivity contribution is -0.146. The van der Waals surface area contributed by atoms with E-state index < -0.39 is 23.7 Å². The fourth-order valence-electron chi connectivity index (χ4n) is 1.74. The number of esters is 1. The molecule has 0 aliphatic rings. The van der Waals surface area contributed by atoms with Gasteiger partial charge in [-0.05, 0) is 26.8 Å². The van der Waals surface area contributed by atoms with E-state index in [0.717, 1.165) is 4.47 Å². The van der Waals surface area contributed by atoms with Gasteiger partial charge in [0.2, 0.25) is 0 Å². The van der Waals surface area contributed by atoms with Gasteiger partial charge in [-0.15, -0.1) is 0 Å².